The second-order valence-corrected chi connectivity index (χ2v) is 4.77. The van der Waals surface area contributed by atoms with Gasteiger partial charge >= 0.3 is 6.03 Å². The van der Waals surface area contributed by atoms with E-state index in [1.807, 2.05) is 0 Å². The maximum absolute atomic E-state index is 10.8. The Hall–Kier alpha value is -2.05. The molecule has 0 aliphatic rings. The van der Waals surface area contributed by atoms with Crippen LogP contribution in [0.4, 0.5) is 10.6 Å². The standard InChI is InChI=1S/C13H24N6O/c1-3-4-5-6-7-8-10-11(17-9-16-10)19(2)12(14)18-13(15)20/h9H,3-8H2,1-2H3,(H,16,17)(H4,14,15,18,20). The monoisotopic (exact) mass is 280 g/mol. The van der Waals surface area contributed by atoms with E-state index in [0.29, 0.717) is 5.82 Å². The highest BCUT2D eigenvalue weighted by Gasteiger charge is 2.15. The Kier molecular flexibility index (Phi) is 6.55. The van der Waals surface area contributed by atoms with Gasteiger partial charge in [0.25, 0.3) is 0 Å². The largest absolute Gasteiger partial charge is 0.351 e. The number of imidazole rings is 1. The van der Waals surface area contributed by atoms with Crippen molar-refractivity contribution in [1.82, 2.24) is 15.3 Å². The Morgan fingerprint density at radius 3 is 2.80 bits per heavy atom. The van der Waals surface area contributed by atoms with Crippen molar-refractivity contribution in [3.63, 3.8) is 0 Å². The SMILES string of the molecule is CCCCCCCc1[nH]cnc1N(C)C(=N)NC(N)=O. The number of nitrogens with zero attached hydrogens (tertiary/aromatic N) is 2. The van der Waals surface area contributed by atoms with Crippen molar-refractivity contribution in [2.75, 3.05) is 11.9 Å². The first kappa shape index (κ1) is 16.0. The quantitative estimate of drug-likeness (QED) is 0.348. The molecular weight excluding hydrogens is 256 g/mol. The van der Waals surface area contributed by atoms with E-state index in [4.69, 9.17) is 11.1 Å². The number of anilines is 1. The van der Waals surface area contributed by atoms with Gasteiger partial charge in [0.2, 0.25) is 5.96 Å². The van der Waals surface area contributed by atoms with Crippen LogP contribution in [0.15, 0.2) is 6.33 Å². The van der Waals surface area contributed by atoms with Gasteiger partial charge in [-0.1, -0.05) is 32.6 Å². The molecule has 0 bridgehead atoms. The summed E-state index contributed by atoms with van der Waals surface area (Å²) in [6.07, 6.45) is 8.50. The summed E-state index contributed by atoms with van der Waals surface area (Å²) < 4.78 is 0. The highest BCUT2D eigenvalue weighted by atomic mass is 16.2. The molecule has 0 saturated heterocycles. The number of aryl methyl sites for hydroxylation is 1. The highest BCUT2D eigenvalue weighted by molar-refractivity contribution is 6.02. The predicted molar refractivity (Wildman–Crippen MR) is 79.9 cm³/mol. The molecule has 0 atom stereocenters. The summed E-state index contributed by atoms with van der Waals surface area (Å²) in [5.41, 5.74) is 5.98. The van der Waals surface area contributed by atoms with Crippen molar-refractivity contribution in [3.8, 4) is 0 Å². The topological polar surface area (TPSA) is 111 Å². The number of carbonyl (C=O) groups excluding carboxylic acids is 1. The minimum Gasteiger partial charge on any atom is -0.351 e. The first-order valence-electron chi connectivity index (χ1n) is 6.97. The number of unbranched alkanes of at least 4 members (excludes halogenated alkanes) is 4. The Morgan fingerprint density at radius 2 is 2.15 bits per heavy atom. The number of primary amides is 1. The molecule has 0 spiro atoms. The molecule has 0 radical (unpaired) electrons. The molecule has 0 aliphatic carbocycles. The highest BCUT2D eigenvalue weighted by Crippen LogP contribution is 2.17. The lowest BCUT2D eigenvalue weighted by Crippen LogP contribution is -2.44. The molecular formula is C13H24N6O. The minimum atomic E-state index is -0.751. The lowest BCUT2D eigenvalue weighted by atomic mass is 10.1. The molecule has 0 aromatic carbocycles. The van der Waals surface area contributed by atoms with Gasteiger partial charge in [0.1, 0.15) is 0 Å². The zero-order valence-corrected chi connectivity index (χ0v) is 12.2. The van der Waals surface area contributed by atoms with Gasteiger partial charge in [0.15, 0.2) is 5.82 Å². The zero-order chi connectivity index (χ0) is 15.0. The van der Waals surface area contributed by atoms with E-state index >= 15 is 0 Å². The molecule has 0 aliphatic heterocycles. The summed E-state index contributed by atoms with van der Waals surface area (Å²) in [6.45, 7) is 2.19. The van der Waals surface area contributed by atoms with Gasteiger partial charge < -0.3 is 10.7 Å². The normalized spacial score (nSPS) is 10.3. The van der Waals surface area contributed by atoms with Gasteiger partial charge in [-0.15, -0.1) is 0 Å². The second-order valence-electron chi connectivity index (χ2n) is 4.77. The zero-order valence-electron chi connectivity index (χ0n) is 12.2. The number of H-pyrrole nitrogens is 1. The van der Waals surface area contributed by atoms with Gasteiger partial charge in [-0.05, 0) is 12.8 Å². The van der Waals surface area contributed by atoms with Crippen LogP contribution >= 0.6 is 0 Å². The number of nitrogens with one attached hydrogen (secondary N) is 3. The molecule has 7 heteroatoms. The van der Waals surface area contributed by atoms with Gasteiger partial charge in [-0.3, -0.25) is 15.6 Å². The molecule has 1 heterocycles. The summed E-state index contributed by atoms with van der Waals surface area (Å²) in [5, 5.41) is 9.96. The molecule has 0 fully saturated rings. The summed E-state index contributed by atoms with van der Waals surface area (Å²) >= 11 is 0. The van der Waals surface area contributed by atoms with E-state index in [-0.39, 0.29) is 5.96 Å². The summed E-state index contributed by atoms with van der Waals surface area (Å²) in [5.74, 6) is 0.566. The number of aromatic amines is 1. The van der Waals surface area contributed by atoms with Crippen LogP contribution in [0.5, 0.6) is 0 Å². The molecule has 0 unspecified atom stereocenters. The van der Waals surface area contributed by atoms with Crippen LogP contribution in [0.25, 0.3) is 0 Å². The molecule has 20 heavy (non-hydrogen) atoms. The number of urea groups is 1. The average molecular weight is 280 g/mol. The third-order valence-corrected chi connectivity index (χ3v) is 3.12. The molecule has 5 N–H and O–H groups in total. The van der Waals surface area contributed by atoms with Crippen LogP contribution in [0, 0.1) is 5.41 Å². The van der Waals surface area contributed by atoms with E-state index in [1.54, 1.807) is 13.4 Å². The van der Waals surface area contributed by atoms with Crippen LogP contribution in [0.3, 0.4) is 0 Å². The lowest BCUT2D eigenvalue weighted by Gasteiger charge is -2.18. The fourth-order valence-electron chi connectivity index (χ4n) is 2.00. The number of aromatic nitrogens is 2. The summed E-state index contributed by atoms with van der Waals surface area (Å²) in [4.78, 5) is 19.5. The van der Waals surface area contributed by atoms with Gasteiger partial charge in [0, 0.05) is 7.05 Å². The summed E-state index contributed by atoms with van der Waals surface area (Å²) in [7, 11) is 1.68. The lowest BCUT2D eigenvalue weighted by molar-refractivity contribution is 0.253. The predicted octanol–water partition coefficient (Wildman–Crippen LogP) is 1.96. The minimum absolute atomic E-state index is 0.0863. The molecule has 7 nitrogen and oxygen atoms in total. The molecule has 1 aromatic heterocycles. The van der Waals surface area contributed by atoms with Crippen molar-refractivity contribution < 1.29 is 4.79 Å². The number of hydrogen-bond donors (Lipinski definition) is 4. The average Bonchev–Trinajstić information content (AvgIpc) is 2.85. The van der Waals surface area contributed by atoms with Gasteiger partial charge in [0.05, 0.1) is 12.0 Å². The van der Waals surface area contributed by atoms with Crippen LogP contribution in [-0.2, 0) is 6.42 Å². The number of guanidine groups is 1. The van der Waals surface area contributed by atoms with Crippen molar-refractivity contribution in [2.45, 2.75) is 45.4 Å². The van der Waals surface area contributed by atoms with Crippen molar-refractivity contribution in [1.29, 1.82) is 5.41 Å². The number of amides is 2. The van der Waals surface area contributed by atoms with Crippen LogP contribution in [0.2, 0.25) is 0 Å². The fraction of sp³-hybridized carbons (Fsp3) is 0.615. The molecule has 1 aromatic rings. The number of rotatable bonds is 7. The van der Waals surface area contributed by atoms with Crippen molar-refractivity contribution in [3.05, 3.63) is 12.0 Å². The molecule has 0 saturated carbocycles. The van der Waals surface area contributed by atoms with E-state index in [2.05, 4.69) is 22.2 Å². The Labute approximate surface area is 119 Å². The van der Waals surface area contributed by atoms with E-state index < -0.39 is 6.03 Å². The van der Waals surface area contributed by atoms with Crippen LogP contribution in [-0.4, -0.2) is 29.0 Å². The van der Waals surface area contributed by atoms with Crippen LogP contribution in [0.1, 0.15) is 44.7 Å². The molecule has 1 rings (SSSR count). The first-order chi connectivity index (χ1) is 9.56. The number of nitrogens with two attached hydrogens (primary N) is 1. The molecule has 2 amide bonds. The van der Waals surface area contributed by atoms with Crippen molar-refractivity contribution >= 4 is 17.8 Å². The maximum atomic E-state index is 10.8. The third-order valence-electron chi connectivity index (χ3n) is 3.12. The number of hydrogen-bond acceptors (Lipinski definition) is 3. The first-order valence-corrected chi connectivity index (χ1v) is 6.97. The second kappa shape index (κ2) is 8.19. The van der Waals surface area contributed by atoms with Crippen LogP contribution < -0.4 is 16.0 Å². The summed E-state index contributed by atoms with van der Waals surface area (Å²) in [6, 6.07) is -0.751. The Bertz CT molecular complexity index is 442. The molecule has 112 valence electrons. The van der Waals surface area contributed by atoms with Crippen molar-refractivity contribution in [2.24, 2.45) is 5.73 Å². The van der Waals surface area contributed by atoms with Gasteiger partial charge in [-0.2, -0.15) is 0 Å². The fourth-order valence-corrected chi connectivity index (χ4v) is 2.00. The van der Waals surface area contributed by atoms with Gasteiger partial charge in [-0.25, -0.2) is 9.78 Å². The van der Waals surface area contributed by atoms with E-state index in [1.165, 1.54) is 30.6 Å². The number of carbonyl (C=O) groups is 1. The van der Waals surface area contributed by atoms with E-state index in [9.17, 15) is 4.79 Å². The Morgan fingerprint density at radius 1 is 1.45 bits per heavy atom. The van der Waals surface area contributed by atoms with E-state index in [0.717, 1.165) is 18.5 Å². The maximum Gasteiger partial charge on any atom is 0.318 e. The smallest absolute Gasteiger partial charge is 0.318 e. The Balaban J connectivity index is 2.52. The third kappa shape index (κ3) is 4.91.